The molecule has 210 valence electrons. The number of anilines is 1. The zero-order chi connectivity index (χ0) is 26.6. The Kier molecular flexibility index (Phi) is 13.3. The fourth-order valence-corrected chi connectivity index (χ4v) is 3.78. The largest absolute Gasteiger partial charge is 0.379 e. The molecule has 1 aromatic carbocycles. The summed E-state index contributed by atoms with van der Waals surface area (Å²) in [6.07, 6.45) is 0.196. The van der Waals surface area contributed by atoms with E-state index in [1.165, 1.54) is 18.2 Å². The molecule has 1 atom stereocenters. The minimum atomic E-state index is -1.04. The summed E-state index contributed by atoms with van der Waals surface area (Å²) < 4.78 is 21.3. The molecule has 1 aromatic rings. The van der Waals surface area contributed by atoms with Crippen molar-refractivity contribution in [2.75, 3.05) is 64.7 Å². The molecule has 5 amide bonds. The van der Waals surface area contributed by atoms with E-state index in [-0.39, 0.29) is 55.3 Å². The third kappa shape index (κ3) is 8.82. The molecule has 14 heteroatoms. The van der Waals surface area contributed by atoms with E-state index < -0.39 is 29.7 Å². The number of benzene rings is 1. The lowest BCUT2D eigenvalue weighted by Crippen LogP contribution is -2.54. The predicted octanol–water partition coefficient (Wildman–Crippen LogP) is -0.137. The van der Waals surface area contributed by atoms with Gasteiger partial charge >= 0.3 is 0 Å². The Balaban J connectivity index is 0.00000507. The first kappa shape index (κ1) is 31.3. The van der Waals surface area contributed by atoms with Crippen LogP contribution in [0.2, 0.25) is 0 Å². The van der Waals surface area contributed by atoms with Crippen molar-refractivity contribution < 1.29 is 42.9 Å². The van der Waals surface area contributed by atoms with Crippen molar-refractivity contribution in [3.05, 3.63) is 29.3 Å². The van der Waals surface area contributed by atoms with Gasteiger partial charge in [-0.25, -0.2) is 0 Å². The van der Waals surface area contributed by atoms with E-state index in [1.807, 2.05) is 0 Å². The Hall–Kier alpha value is -2.94. The summed E-state index contributed by atoms with van der Waals surface area (Å²) in [5.41, 5.74) is 5.88. The molecule has 2 aliphatic rings. The van der Waals surface area contributed by atoms with E-state index in [1.54, 1.807) is 0 Å². The smallest absolute Gasteiger partial charge is 0.262 e. The zero-order valence-corrected chi connectivity index (χ0v) is 21.7. The number of rotatable bonds is 16. The average Bonchev–Trinajstić information content (AvgIpc) is 3.11. The Morgan fingerprint density at radius 2 is 1.47 bits per heavy atom. The maximum atomic E-state index is 12.9. The van der Waals surface area contributed by atoms with Gasteiger partial charge in [0.25, 0.3) is 11.8 Å². The Bertz CT molecular complexity index is 1010. The number of carbonyl (C=O) groups is 5. The van der Waals surface area contributed by atoms with Crippen LogP contribution in [0.15, 0.2) is 18.2 Å². The van der Waals surface area contributed by atoms with Crippen molar-refractivity contribution in [2.24, 2.45) is 5.73 Å². The number of nitrogens with zero attached hydrogens (tertiary/aromatic N) is 1. The van der Waals surface area contributed by atoms with E-state index in [0.717, 1.165) is 4.90 Å². The predicted molar refractivity (Wildman–Crippen MR) is 136 cm³/mol. The van der Waals surface area contributed by atoms with Gasteiger partial charge < -0.3 is 30.0 Å². The third-order valence-corrected chi connectivity index (χ3v) is 5.58. The summed E-state index contributed by atoms with van der Waals surface area (Å²) in [5.74, 6) is -2.69. The summed E-state index contributed by atoms with van der Waals surface area (Å²) in [6, 6.07) is 3.30. The summed E-state index contributed by atoms with van der Waals surface area (Å²) in [7, 11) is 0. The van der Waals surface area contributed by atoms with Crippen LogP contribution >= 0.6 is 12.4 Å². The van der Waals surface area contributed by atoms with Gasteiger partial charge in [0.05, 0.1) is 70.4 Å². The fraction of sp³-hybridized carbons (Fsp3) is 0.542. The van der Waals surface area contributed by atoms with Crippen LogP contribution < -0.4 is 16.4 Å². The molecule has 2 aliphatic heterocycles. The molecule has 3 rings (SSSR count). The molecule has 2 heterocycles. The normalized spacial score (nSPS) is 16.8. The minimum absolute atomic E-state index is 0. The van der Waals surface area contributed by atoms with Crippen LogP contribution in [0.5, 0.6) is 0 Å². The molecule has 0 aliphatic carbocycles. The van der Waals surface area contributed by atoms with Crippen molar-refractivity contribution in [3.8, 4) is 0 Å². The molecule has 38 heavy (non-hydrogen) atoms. The molecule has 0 bridgehead atoms. The molecule has 0 radical (unpaired) electrons. The first-order valence-electron chi connectivity index (χ1n) is 12.1. The number of fused-ring (bicyclic) bond motifs is 1. The molecule has 0 saturated carbocycles. The molecule has 0 aromatic heterocycles. The van der Waals surface area contributed by atoms with Gasteiger partial charge in [-0.1, -0.05) is 0 Å². The first-order valence-corrected chi connectivity index (χ1v) is 12.1. The molecule has 1 fully saturated rings. The molecule has 1 saturated heterocycles. The highest BCUT2D eigenvalue weighted by atomic mass is 35.5. The van der Waals surface area contributed by atoms with E-state index >= 15 is 0 Å². The van der Waals surface area contributed by atoms with Gasteiger partial charge in [0.15, 0.2) is 0 Å². The number of hydrogen-bond donors (Lipinski definition) is 3. The lowest BCUT2D eigenvalue weighted by Gasteiger charge is -2.27. The number of amides is 5. The molecular formula is C24H33ClN4O9. The van der Waals surface area contributed by atoms with Crippen LogP contribution in [-0.2, 0) is 33.3 Å². The van der Waals surface area contributed by atoms with Gasteiger partial charge in [-0.3, -0.25) is 34.2 Å². The van der Waals surface area contributed by atoms with E-state index in [9.17, 15) is 24.0 Å². The average molecular weight is 557 g/mol. The van der Waals surface area contributed by atoms with Crippen LogP contribution in [0.1, 0.15) is 40.0 Å². The number of nitrogens with two attached hydrogens (primary N) is 1. The maximum Gasteiger partial charge on any atom is 0.262 e. The number of halogens is 1. The molecule has 13 nitrogen and oxygen atoms in total. The molecule has 4 N–H and O–H groups in total. The topological polar surface area (TPSA) is 176 Å². The number of hydrogen-bond acceptors (Lipinski definition) is 10. The third-order valence-electron chi connectivity index (χ3n) is 5.58. The van der Waals surface area contributed by atoms with Crippen molar-refractivity contribution in [2.45, 2.75) is 25.3 Å². The van der Waals surface area contributed by atoms with Gasteiger partial charge in [0.1, 0.15) is 6.04 Å². The summed E-state index contributed by atoms with van der Waals surface area (Å²) >= 11 is 0. The highest BCUT2D eigenvalue weighted by molar-refractivity contribution is 6.23. The zero-order valence-electron chi connectivity index (χ0n) is 20.9. The number of imide groups is 2. The van der Waals surface area contributed by atoms with Crippen LogP contribution in [0.4, 0.5) is 5.69 Å². The second-order valence-corrected chi connectivity index (χ2v) is 8.24. The molecular weight excluding hydrogens is 524 g/mol. The highest BCUT2D eigenvalue weighted by Crippen LogP contribution is 2.29. The summed E-state index contributed by atoms with van der Waals surface area (Å²) in [5, 5.41) is 4.82. The Morgan fingerprint density at radius 1 is 0.895 bits per heavy atom. The number of ether oxygens (including phenoxy) is 4. The van der Waals surface area contributed by atoms with Gasteiger partial charge in [0.2, 0.25) is 17.7 Å². The van der Waals surface area contributed by atoms with Crippen LogP contribution in [-0.4, -0.2) is 99.9 Å². The standard InChI is InChI=1S/C24H32N4O9.ClH/c25-6-8-35-10-12-37-14-13-36-11-9-34-7-5-21(30)26-16-1-2-17-18(15-16)24(33)28(23(17)32)19-3-4-20(29)27-22(19)31;/h1-2,15,19H,3-14,25H2,(H,26,30)(H,27,29,31);1H. The van der Waals surface area contributed by atoms with Gasteiger partial charge in [0, 0.05) is 18.7 Å². The van der Waals surface area contributed by atoms with Crippen molar-refractivity contribution >= 4 is 47.6 Å². The van der Waals surface area contributed by atoms with Crippen molar-refractivity contribution in [1.29, 1.82) is 0 Å². The highest BCUT2D eigenvalue weighted by Gasteiger charge is 2.44. The summed E-state index contributed by atoms with van der Waals surface area (Å²) in [4.78, 5) is 62.2. The monoisotopic (exact) mass is 556 g/mol. The lowest BCUT2D eigenvalue weighted by atomic mass is 10.0. The Labute approximate surface area is 226 Å². The van der Waals surface area contributed by atoms with Crippen molar-refractivity contribution in [1.82, 2.24) is 10.2 Å². The van der Waals surface area contributed by atoms with E-state index in [4.69, 9.17) is 24.7 Å². The fourth-order valence-electron chi connectivity index (χ4n) is 3.78. The summed E-state index contributed by atoms with van der Waals surface area (Å²) in [6.45, 7) is 3.66. The van der Waals surface area contributed by atoms with Crippen molar-refractivity contribution in [3.63, 3.8) is 0 Å². The van der Waals surface area contributed by atoms with E-state index in [0.29, 0.717) is 58.5 Å². The van der Waals surface area contributed by atoms with Gasteiger partial charge in [-0.15, -0.1) is 12.4 Å². The van der Waals surface area contributed by atoms with E-state index in [2.05, 4.69) is 10.6 Å². The maximum absolute atomic E-state index is 12.9. The van der Waals surface area contributed by atoms with Crippen LogP contribution in [0, 0.1) is 0 Å². The molecule has 0 spiro atoms. The minimum Gasteiger partial charge on any atom is -0.379 e. The number of piperidine rings is 1. The van der Waals surface area contributed by atoms with Crippen LogP contribution in [0.3, 0.4) is 0 Å². The van der Waals surface area contributed by atoms with Gasteiger partial charge in [-0.05, 0) is 24.6 Å². The first-order chi connectivity index (χ1) is 17.9. The number of nitrogens with one attached hydrogen (secondary N) is 2. The number of carbonyl (C=O) groups excluding carboxylic acids is 5. The van der Waals surface area contributed by atoms with Gasteiger partial charge in [-0.2, -0.15) is 0 Å². The van der Waals surface area contributed by atoms with Crippen LogP contribution in [0.25, 0.3) is 0 Å². The molecule has 1 unspecified atom stereocenters. The second kappa shape index (κ2) is 16.1. The SMILES string of the molecule is Cl.NCCOCCOCCOCCOCCC(=O)Nc1ccc2c(c1)C(=O)N(C1CCC(=O)NC1=O)C2=O. The second-order valence-electron chi connectivity index (χ2n) is 8.24. The quantitative estimate of drug-likeness (QED) is 0.183. The lowest BCUT2D eigenvalue weighted by molar-refractivity contribution is -0.136. The Morgan fingerprint density at radius 3 is 2.08 bits per heavy atom.